The third-order valence-corrected chi connectivity index (χ3v) is 5.23. The fourth-order valence-electron chi connectivity index (χ4n) is 3.56. The highest BCUT2D eigenvalue weighted by molar-refractivity contribution is 5.93. The fourth-order valence-corrected chi connectivity index (χ4v) is 3.56. The zero-order chi connectivity index (χ0) is 24.8. The maximum atomic E-state index is 13.5. The predicted molar refractivity (Wildman–Crippen MR) is 130 cm³/mol. The van der Waals surface area contributed by atoms with Crippen LogP contribution in [0.15, 0.2) is 78.9 Å². The van der Waals surface area contributed by atoms with Crippen LogP contribution in [-0.2, 0) is 16.0 Å². The SMILES string of the molecule is CCOC(=O)c1cc(-c2cccc(NC(=O)Cc3ccc(OC)cc3)c2)n(-c2ccc(F)cc2)n1. The summed E-state index contributed by atoms with van der Waals surface area (Å²) in [5.74, 6) is -0.387. The minimum atomic E-state index is -0.557. The maximum absolute atomic E-state index is 13.5. The molecule has 7 nitrogen and oxygen atoms in total. The van der Waals surface area contributed by atoms with Gasteiger partial charge in [0.25, 0.3) is 0 Å². The smallest absolute Gasteiger partial charge is 0.358 e. The number of hydrogen-bond acceptors (Lipinski definition) is 5. The summed E-state index contributed by atoms with van der Waals surface area (Å²) in [6, 6.07) is 21.9. The van der Waals surface area contributed by atoms with Crippen molar-refractivity contribution in [2.24, 2.45) is 0 Å². The second kappa shape index (κ2) is 10.6. The van der Waals surface area contributed by atoms with Gasteiger partial charge in [-0.2, -0.15) is 5.10 Å². The number of methoxy groups -OCH3 is 1. The number of anilines is 1. The van der Waals surface area contributed by atoms with Gasteiger partial charge in [-0.1, -0.05) is 24.3 Å². The third kappa shape index (κ3) is 5.73. The van der Waals surface area contributed by atoms with E-state index >= 15 is 0 Å². The molecular weight excluding hydrogens is 449 g/mol. The molecule has 0 saturated carbocycles. The predicted octanol–water partition coefficient (Wildman–Crippen LogP) is 5.04. The van der Waals surface area contributed by atoms with Gasteiger partial charge in [-0.25, -0.2) is 13.9 Å². The number of halogens is 1. The van der Waals surface area contributed by atoms with E-state index in [1.165, 1.54) is 12.1 Å². The molecule has 35 heavy (non-hydrogen) atoms. The van der Waals surface area contributed by atoms with Crippen molar-refractivity contribution in [2.75, 3.05) is 19.0 Å². The van der Waals surface area contributed by atoms with Crippen LogP contribution in [0.3, 0.4) is 0 Å². The van der Waals surface area contributed by atoms with Gasteiger partial charge in [-0.05, 0) is 67.1 Å². The van der Waals surface area contributed by atoms with Crippen LogP contribution in [-0.4, -0.2) is 35.4 Å². The van der Waals surface area contributed by atoms with Gasteiger partial charge in [0, 0.05) is 11.3 Å². The summed E-state index contributed by atoms with van der Waals surface area (Å²) >= 11 is 0. The second-order valence-electron chi connectivity index (χ2n) is 7.68. The van der Waals surface area contributed by atoms with E-state index in [1.807, 2.05) is 18.2 Å². The standard InChI is InChI=1S/C27H24FN3O4/c1-3-35-27(33)24-17-25(31(30-24)22-11-9-20(28)10-12-22)19-5-4-6-21(16-19)29-26(32)15-18-7-13-23(34-2)14-8-18/h4-14,16-17H,3,15H2,1-2H3,(H,29,32). The van der Waals surface area contributed by atoms with Crippen LogP contribution in [0.2, 0.25) is 0 Å². The Morgan fingerprint density at radius 2 is 1.74 bits per heavy atom. The molecule has 4 rings (SSSR count). The Morgan fingerprint density at radius 1 is 1.00 bits per heavy atom. The average molecular weight is 474 g/mol. The molecular formula is C27H24FN3O4. The number of amides is 1. The topological polar surface area (TPSA) is 82.5 Å². The molecule has 1 heterocycles. The van der Waals surface area contributed by atoms with Gasteiger partial charge in [0.15, 0.2) is 5.69 Å². The van der Waals surface area contributed by atoms with Crippen molar-refractivity contribution < 1.29 is 23.5 Å². The Bertz CT molecular complexity index is 1330. The number of benzene rings is 3. The highest BCUT2D eigenvalue weighted by atomic mass is 19.1. The maximum Gasteiger partial charge on any atom is 0.358 e. The zero-order valence-corrected chi connectivity index (χ0v) is 19.3. The fraction of sp³-hybridized carbons (Fsp3) is 0.148. The molecule has 1 amide bonds. The van der Waals surface area contributed by atoms with Crippen LogP contribution in [0, 0.1) is 5.82 Å². The molecule has 1 aromatic heterocycles. The van der Waals surface area contributed by atoms with E-state index in [0.29, 0.717) is 22.6 Å². The first-order valence-electron chi connectivity index (χ1n) is 11.0. The van der Waals surface area contributed by atoms with Crippen LogP contribution in [0.1, 0.15) is 23.0 Å². The molecule has 0 bridgehead atoms. The van der Waals surface area contributed by atoms with E-state index in [4.69, 9.17) is 9.47 Å². The number of nitrogens with one attached hydrogen (secondary N) is 1. The number of ether oxygens (including phenoxy) is 2. The van der Waals surface area contributed by atoms with Gasteiger partial charge >= 0.3 is 5.97 Å². The number of aromatic nitrogens is 2. The summed E-state index contributed by atoms with van der Waals surface area (Å²) < 4.78 is 25.3. The number of nitrogens with zero attached hydrogens (tertiary/aromatic N) is 2. The molecule has 8 heteroatoms. The van der Waals surface area contributed by atoms with Crippen molar-refractivity contribution in [1.82, 2.24) is 9.78 Å². The van der Waals surface area contributed by atoms with Crippen molar-refractivity contribution in [3.05, 3.63) is 95.9 Å². The molecule has 0 fully saturated rings. The van der Waals surface area contributed by atoms with Crippen LogP contribution >= 0.6 is 0 Å². The van der Waals surface area contributed by atoms with Crippen molar-refractivity contribution >= 4 is 17.6 Å². The first kappa shape index (κ1) is 23.7. The molecule has 0 aliphatic heterocycles. The van der Waals surface area contributed by atoms with Crippen molar-refractivity contribution in [3.8, 4) is 22.7 Å². The average Bonchev–Trinajstić information content (AvgIpc) is 3.31. The summed E-state index contributed by atoms with van der Waals surface area (Å²) in [6.07, 6.45) is 0.203. The van der Waals surface area contributed by atoms with Crippen LogP contribution in [0.25, 0.3) is 16.9 Å². The molecule has 0 saturated heterocycles. The van der Waals surface area contributed by atoms with E-state index in [9.17, 15) is 14.0 Å². The monoisotopic (exact) mass is 473 g/mol. The van der Waals surface area contributed by atoms with Gasteiger partial charge in [-0.15, -0.1) is 0 Å². The van der Waals surface area contributed by atoms with Gasteiger partial charge in [0.05, 0.1) is 31.5 Å². The summed E-state index contributed by atoms with van der Waals surface area (Å²) in [6.45, 7) is 1.93. The summed E-state index contributed by atoms with van der Waals surface area (Å²) in [5, 5.41) is 7.29. The summed E-state index contributed by atoms with van der Waals surface area (Å²) in [5.41, 5.74) is 3.44. The van der Waals surface area contributed by atoms with Crippen molar-refractivity contribution in [1.29, 1.82) is 0 Å². The van der Waals surface area contributed by atoms with E-state index in [1.54, 1.807) is 67.2 Å². The zero-order valence-electron chi connectivity index (χ0n) is 19.3. The Balaban J connectivity index is 1.61. The highest BCUT2D eigenvalue weighted by Gasteiger charge is 2.18. The Labute approximate surface area is 202 Å². The molecule has 0 unspecified atom stereocenters. The lowest BCUT2D eigenvalue weighted by molar-refractivity contribution is -0.115. The van der Waals surface area contributed by atoms with Crippen LogP contribution in [0.4, 0.5) is 10.1 Å². The van der Waals surface area contributed by atoms with Gasteiger partial charge in [-0.3, -0.25) is 4.79 Å². The minimum Gasteiger partial charge on any atom is -0.497 e. The molecule has 0 atom stereocenters. The first-order chi connectivity index (χ1) is 17.0. The number of carbonyl (C=O) groups excluding carboxylic acids is 2. The molecule has 0 aliphatic carbocycles. The third-order valence-electron chi connectivity index (χ3n) is 5.23. The second-order valence-corrected chi connectivity index (χ2v) is 7.68. The molecule has 178 valence electrons. The molecule has 3 aromatic carbocycles. The lowest BCUT2D eigenvalue weighted by atomic mass is 10.1. The molecule has 0 aliphatic rings. The highest BCUT2D eigenvalue weighted by Crippen LogP contribution is 2.27. The lowest BCUT2D eigenvalue weighted by Crippen LogP contribution is -2.14. The molecule has 1 N–H and O–H groups in total. The normalized spacial score (nSPS) is 10.6. The van der Waals surface area contributed by atoms with E-state index in [-0.39, 0.29) is 30.4 Å². The van der Waals surface area contributed by atoms with Gasteiger partial charge in [0.2, 0.25) is 5.91 Å². The van der Waals surface area contributed by atoms with Crippen molar-refractivity contribution in [2.45, 2.75) is 13.3 Å². The van der Waals surface area contributed by atoms with E-state index in [0.717, 1.165) is 11.3 Å². The van der Waals surface area contributed by atoms with Crippen LogP contribution in [0.5, 0.6) is 5.75 Å². The van der Waals surface area contributed by atoms with E-state index in [2.05, 4.69) is 10.4 Å². The van der Waals surface area contributed by atoms with Crippen molar-refractivity contribution in [3.63, 3.8) is 0 Å². The Morgan fingerprint density at radius 3 is 2.43 bits per heavy atom. The van der Waals surface area contributed by atoms with Crippen LogP contribution < -0.4 is 10.1 Å². The molecule has 0 spiro atoms. The molecule has 0 radical (unpaired) electrons. The molecule has 4 aromatic rings. The Hall–Kier alpha value is -4.46. The number of rotatable bonds is 8. The van der Waals surface area contributed by atoms with Gasteiger partial charge in [0.1, 0.15) is 11.6 Å². The minimum absolute atomic E-state index is 0.125. The largest absolute Gasteiger partial charge is 0.497 e. The summed E-state index contributed by atoms with van der Waals surface area (Å²) in [7, 11) is 1.59. The number of hydrogen-bond donors (Lipinski definition) is 1. The van der Waals surface area contributed by atoms with E-state index < -0.39 is 5.97 Å². The summed E-state index contributed by atoms with van der Waals surface area (Å²) in [4.78, 5) is 24.9. The number of esters is 1. The Kier molecular flexibility index (Phi) is 7.21. The van der Waals surface area contributed by atoms with Gasteiger partial charge < -0.3 is 14.8 Å². The quantitative estimate of drug-likeness (QED) is 0.363. The number of carbonyl (C=O) groups is 2. The first-order valence-corrected chi connectivity index (χ1v) is 11.0. The lowest BCUT2D eigenvalue weighted by Gasteiger charge is -2.10.